The first-order valence-corrected chi connectivity index (χ1v) is 5.14. The molecule has 0 unspecified atom stereocenters. The van der Waals surface area contributed by atoms with Crippen LogP contribution in [0, 0.1) is 0 Å². The smallest absolute Gasteiger partial charge is 0.237 e. The topological polar surface area (TPSA) is 32.3 Å². The third-order valence-corrected chi connectivity index (χ3v) is 2.12. The highest BCUT2D eigenvalue weighted by molar-refractivity contribution is 5.78. The van der Waals surface area contributed by atoms with E-state index in [-0.39, 0.29) is 11.4 Å². The van der Waals surface area contributed by atoms with Gasteiger partial charge in [0, 0.05) is 13.0 Å². The lowest BCUT2D eigenvalue weighted by atomic mass is 10.0. The fourth-order valence-electron chi connectivity index (χ4n) is 1.43. The van der Waals surface area contributed by atoms with Crippen molar-refractivity contribution in [2.75, 3.05) is 6.54 Å². The van der Waals surface area contributed by atoms with Crippen LogP contribution in [0.15, 0.2) is 0 Å². The molecule has 1 saturated heterocycles. The zero-order chi connectivity index (χ0) is 10.5. The summed E-state index contributed by atoms with van der Waals surface area (Å²) < 4.78 is 0. The Morgan fingerprint density at radius 1 is 1.46 bits per heavy atom. The second-order valence-corrected chi connectivity index (χ2v) is 3.55. The van der Waals surface area contributed by atoms with Crippen LogP contribution in [0.2, 0.25) is 0 Å². The van der Waals surface area contributed by atoms with Gasteiger partial charge >= 0.3 is 0 Å². The van der Waals surface area contributed by atoms with Crippen molar-refractivity contribution in [2.45, 2.75) is 53.0 Å². The van der Waals surface area contributed by atoms with Gasteiger partial charge in [0.25, 0.3) is 0 Å². The number of rotatable bonds is 2. The lowest BCUT2D eigenvalue weighted by Gasteiger charge is -2.31. The lowest BCUT2D eigenvalue weighted by molar-refractivity contribution is -0.134. The summed E-state index contributed by atoms with van der Waals surface area (Å²) in [6.45, 7) is 11.0. The second kappa shape index (κ2) is 5.22. The van der Waals surface area contributed by atoms with Gasteiger partial charge in [0.2, 0.25) is 5.91 Å². The monoisotopic (exact) mass is 186 g/mol. The molecule has 3 nitrogen and oxygen atoms in total. The zero-order valence-corrected chi connectivity index (χ0v) is 9.48. The molecule has 1 N–H and O–H groups in total. The van der Waals surface area contributed by atoms with Gasteiger partial charge in [-0.15, -0.1) is 0 Å². The van der Waals surface area contributed by atoms with Gasteiger partial charge in [0.05, 0.1) is 5.54 Å². The van der Waals surface area contributed by atoms with Crippen molar-refractivity contribution >= 4 is 5.91 Å². The van der Waals surface area contributed by atoms with Crippen LogP contribution in [0.3, 0.4) is 0 Å². The minimum atomic E-state index is 0.00704. The zero-order valence-electron chi connectivity index (χ0n) is 9.48. The van der Waals surface area contributed by atoms with E-state index >= 15 is 0 Å². The minimum Gasteiger partial charge on any atom is -0.273 e. The van der Waals surface area contributed by atoms with Crippen LogP contribution in [0.5, 0.6) is 0 Å². The summed E-state index contributed by atoms with van der Waals surface area (Å²) in [6.07, 6.45) is 1.64. The minimum absolute atomic E-state index is 0.00704. The van der Waals surface area contributed by atoms with Gasteiger partial charge in [-0.2, -0.15) is 0 Å². The molecule has 13 heavy (non-hydrogen) atoms. The van der Waals surface area contributed by atoms with Crippen molar-refractivity contribution in [2.24, 2.45) is 0 Å². The summed E-state index contributed by atoms with van der Waals surface area (Å²) in [7, 11) is 0. The van der Waals surface area contributed by atoms with Crippen LogP contribution in [-0.4, -0.2) is 23.0 Å². The molecule has 0 atom stereocenters. The van der Waals surface area contributed by atoms with Gasteiger partial charge in [0.1, 0.15) is 0 Å². The van der Waals surface area contributed by atoms with Crippen molar-refractivity contribution in [3.05, 3.63) is 0 Å². The lowest BCUT2D eigenvalue weighted by Crippen LogP contribution is -2.49. The summed E-state index contributed by atoms with van der Waals surface area (Å²) in [5.41, 5.74) is 3.08. The highest BCUT2D eigenvalue weighted by Crippen LogP contribution is 2.26. The van der Waals surface area contributed by atoms with Crippen molar-refractivity contribution in [3.63, 3.8) is 0 Å². The second-order valence-electron chi connectivity index (χ2n) is 3.55. The molecule has 0 aliphatic carbocycles. The molecule has 1 heterocycles. The quantitative estimate of drug-likeness (QED) is 0.714. The number of amides is 1. The van der Waals surface area contributed by atoms with E-state index in [1.165, 1.54) is 0 Å². The Bertz CT molecular complexity index is 166. The largest absolute Gasteiger partial charge is 0.273 e. The average molecular weight is 186 g/mol. The van der Waals surface area contributed by atoms with Crippen molar-refractivity contribution in [1.82, 2.24) is 10.4 Å². The molecule has 1 amide bonds. The Kier molecular flexibility index (Phi) is 4.99. The van der Waals surface area contributed by atoms with Crippen LogP contribution in [0.1, 0.15) is 47.5 Å². The third-order valence-electron chi connectivity index (χ3n) is 2.12. The number of nitrogens with zero attached hydrogens (tertiary/aromatic N) is 1. The third kappa shape index (κ3) is 2.99. The van der Waals surface area contributed by atoms with Crippen LogP contribution >= 0.6 is 0 Å². The Labute approximate surface area is 81.5 Å². The number of hydrogen-bond acceptors (Lipinski definition) is 2. The first-order valence-electron chi connectivity index (χ1n) is 5.14. The van der Waals surface area contributed by atoms with Crippen LogP contribution in [0.4, 0.5) is 0 Å². The molecule has 1 aliphatic heterocycles. The first kappa shape index (κ1) is 12.4. The van der Waals surface area contributed by atoms with Gasteiger partial charge in [-0.1, -0.05) is 20.8 Å². The van der Waals surface area contributed by atoms with E-state index in [1.807, 2.05) is 20.8 Å². The summed E-state index contributed by atoms with van der Waals surface area (Å²) >= 11 is 0. The number of nitrogens with one attached hydrogen (secondary N) is 1. The number of carbonyl (C=O) groups excluding carboxylic acids is 1. The van der Waals surface area contributed by atoms with Gasteiger partial charge in [-0.3, -0.25) is 9.80 Å². The molecule has 0 bridgehead atoms. The highest BCUT2D eigenvalue weighted by atomic mass is 16.2. The van der Waals surface area contributed by atoms with E-state index < -0.39 is 0 Å². The molecule has 0 radical (unpaired) electrons. The van der Waals surface area contributed by atoms with Crippen LogP contribution in [0.25, 0.3) is 0 Å². The van der Waals surface area contributed by atoms with Gasteiger partial charge in [0.15, 0.2) is 0 Å². The maximum Gasteiger partial charge on any atom is 0.237 e. The van der Waals surface area contributed by atoms with Crippen molar-refractivity contribution < 1.29 is 4.79 Å². The molecule has 1 aliphatic rings. The molecule has 0 aromatic heterocycles. The molecule has 1 fully saturated rings. The number of hydrogen-bond donors (Lipinski definition) is 1. The predicted molar refractivity (Wildman–Crippen MR) is 55.2 cm³/mol. The summed E-state index contributed by atoms with van der Waals surface area (Å²) in [5.74, 6) is 0.219. The number of hydrazine groups is 1. The maximum absolute atomic E-state index is 11.2. The van der Waals surface area contributed by atoms with Gasteiger partial charge in [-0.05, 0) is 20.3 Å². The Morgan fingerprint density at radius 3 is 2.31 bits per heavy atom. The Hall–Kier alpha value is -0.570. The van der Waals surface area contributed by atoms with Gasteiger partial charge < -0.3 is 0 Å². The Balaban J connectivity index is 0.000000671. The molecule has 0 saturated carbocycles. The number of carbonyl (C=O) groups is 1. The maximum atomic E-state index is 11.2. The first-order chi connectivity index (χ1) is 6.08. The molecule has 1 rings (SSSR count). The molecule has 0 aromatic carbocycles. The fraction of sp³-hybridized carbons (Fsp3) is 0.900. The van der Waals surface area contributed by atoms with E-state index in [2.05, 4.69) is 19.3 Å². The normalized spacial score (nSPS) is 19.8. The van der Waals surface area contributed by atoms with E-state index in [4.69, 9.17) is 0 Å². The summed E-state index contributed by atoms with van der Waals surface area (Å²) in [6, 6.07) is 0. The molecule has 3 heteroatoms. The van der Waals surface area contributed by atoms with Crippen molar-refractivity contribution in [3.8, 4) is 0 Å². The fourth-order valence-corrected chi connectivity index (χ4v) is 1.43. The molecule has 78 valence electrons. The van der Waals surface area contributed by atoms with Crippen molar-refractivity contribution in [1.29, 1.82) is 0 Å². The predicted octanol–water partition coefficient (Wildman–Crippen LogP) is 1.94. The SMILES string of the molecule is CC.CCNN1C(=O)CCC1(C)C. The summed E-state index contributed by atoms with van der Waals surface area (Å²) in [4.78, 5) is 11.2. The summed E-state index contributed by atoms with van der Waals surface area (Å²) in [5, 5.41) is 1.76. The van der Waals surface area contributed by atoms with E-state index in [0.29, 0.717) is 6.42 Å². The molecular weight excluding hydrogens is 164 g/mol. The van der Waals surface area contributed by atoms with Gasteiger partial charge in [-0.25, -0.2) is 5.43 Å². The standard InChI is InChI=1S/C8H16N2O.C2H6/c1-4-9-10-7(11)5-6-8(10,2)3;1-2/h9H,4-6H2,1-3H3;1-2H3. The molecule has 0 aromatic rings. The highest BCUT2D eigenvalue weighted by Gasteiger charge is 2.37. The molecule has 0 spiro atoms. The molecular formula is C10H22N2O. The van der Waals surface area contributed by atoms with E-state index in [9.17, 15) is 4.79 Å². The Morgan fingerprint density at radius 2 is 2.00 bits per heavy atom. The van der Waals surface area contributed by atoms with Crippen LogP contribution < -0.4 is 5.43 Å². The van der Waals surface area contributed by atoms with E-state index in [1.54, 1.807) is 5.01 Å². The van der Waals surface area contributed by atoms with E-state index in [0.717, 1.165) is 13.0 Å². The average Bonchev–Trinajstić information content (AvgIpc) is 2.36. The van der Waals surface area contributed by atoms with Crippen LogP contribution in [-0.2, 0) is 4.79 Å².